The molecular weight excluding hydrogens is 757 g/mol. The predicted molar refractivity (Wildman–Crippen MR) is 225 cm³/mol. The highest BCUT2D eigenvalue weighted by Crippen LogP contribution is 2.51. The number of hydrogen-bond donors (Lipinski definition) is 5. The van der Waals surface area contributed by atoms with Gasteiger partial charge in [0, 0.05) is 54.2 Å². The van der Waals surface area contributed by atoms with Crippen LogP contribution >= 0.6 is 0 Å². The Hall–Kier alpha value is -5.08. The van der Waals surface area contributed by atoms with Crippen LogP contribution in [0.4, 0.5) is 5.69 Å². The number of nitrogens with one attached hydrogen (secondary N) is 1. The van der Waals surface area contributed by atoms with E-state index in [1.165, 1.54) is 39.4 Å². The summed E-state index contributed by atoms with van der Waals surface area (Å²) < 4.78 is 24.6. The number of anilines is 1. The van der Waals surface area contributed by atoms with E-state index in [9.17, 15) is 34.8 Å². The van der Waals surface area contributed by atoms with Gasteiger partial charge in [0.25, 0.3) is 11.7 Å². The Morgan fingerprint density at radius 3 is 2.19 bits per heavy atom. The first-order valence-electron chi connectivity index (χ1n) is 20.1. The monoisotopic (exact) mass is 812 g/mol. The third-order valence-electron chi connectivity index (χ3n) is 12.5. The highest BCUT2D eigenvalue weighted by Gasteiger charge is 2.50. The van der Waals surface area contributed by atoms with E-state index in [0.29, 0.717) is 11.1 Å². The van der Waals surface area contributed by atoms with E-state index >= 15 is 0 Å². The van der Waals surface area contributed by atoms with Crippen molar-refractivity contribution in [3.63, 3.8) is 0 Å². The normalized spacial score (nSPS) is 30.4. The molecule has 13 heteroatoms. The molecule has 2 aromatic carbocycles. The standard InChI is InChI=1S/C46H56N2O11/c1-19(2)28-18-22(5)33-42(23(28)6)58-43-34(47-33)30-31-39(52)27(10)41-32(30)44(54)46(11,59-41)57-17-16-29(56-12)24(7)37(50)26(9)38(51)25(8)36(49)20(3)14-13-15-21(4)45(55)48-35(43)40(31)53/h13-20,24-26,29,36-38,49-52H,1-12H3,(H,48,55)/b14-13+,17-16+,21-15-/t20-,24+,25+,26-,29-,36-,37+,38+,46-/m0/s1. The van der Waals surface area contributed by atoms with Gasteiger partial charge in [-0.15, -0.1) is 0 Å². The molecule has 9 atom stereocenters. The van der Waals surface area contributed by atoms with Crippen molar-refractivity contribution in [3.8, 4) is 23.0 Å². The molecule has 0 radical (unpaired) electrons. The van der Waals surface area contributed by atoms with Gasteiger partial charge in [0.2, 0.25) is 5.43 Å². The summed E-state index contributed by atoms with van der Waals surface area (Å²) >= 11 is 0. The molecule has 6 rings (SSSR count). The molecule has 0 saturated carbocycles. The number of allylic oxidation sites excluding steroid dienone is 2. The second-order valence-corrected chi connectivity index (χ2v) is 16.9. The van der Waals surface area contributed by atoms with E-state index in [-0.39, 0.29) is 56.3 Å². The molecule has 316 valence electrons. The van der Waals surface area contributed by atoms with Gasteiger partial charge in [0.05, 0.1) is 41.6 Å². The number of carbonyl (C=O) groups excluding carboxylic acids is 2. The van der Waals surface area contributed by atoms with Crippen LogP contribution in [0.3, 0.4) is 0 Å². The summed E-state index contributed by atoms with van der Waals surface area (Å²) in [6.07, 6.45) is 3.61. The van der Waals surface area contributed by atoms with Gasteiger partial charge < -0.3 is 44.4 Å². The van der Waals surface area contributed by atoms with Crippen LogP contribution in [0.15, 0.2) is 51.4 Å². The highest BCUT2D eigenvalue weighted by atomic mass is 16.7. The number of aliphatic hydroxyl groups is 3. The molecule has 2 aromatic rings. The molecule has 0 unspecified atom stereocenters. The minimum absolute atomic E-state index is 0.0187. The number of hydrogen-bond acceptors (Lipinski definition) is 12. The molecule has 1 aliphatic carbocycles. The second-order valence-electron chi connectivity index (χ2n) is 16.9. The molecule has 0 fully saturated rings. The quantitative estimate of drug-likeness (QED) is 0.102. The van der Waals surface area contributed by atoms with Gasteiger partial charge in [-0.3, -0.25) is 14.4 Å². The van der Waals surface area contributed by atoms with Crippen molar-refractivity contribution in [2.45, 2.75) is 112 Å². The summed E-state index contributed by atoms with van der Waals surface area (Å²) in [4.78, 5) is 48.3. The average molecular weight is 813 g/mol. The van der Waals surface area contributed by atoms with Crippen molar-refractivity contribution in [2.24, 2.45) is 23.7 Å². The van der Waals surface area contributed by atoms with Crippen LogP contribution in [0.1, 0.15) is 93.9 Å². The minimum Gasteiger partial charge on any atom is -0.507 e. The maximum absolute atomic E-state index is 14.7. The van der Waals surface area contributed by atoms with E-state index in [2.05, 4.69) is 19.2 Å². The lowest BCUT2D eigenvalue weighted by atomic mass is 9.78. The number of methoxy groups -OCH3 is 1. The molecule has 0 saturated heterocycles. The first-order valence-corrected chi connectivity index (χ1v) is 20.1. The average Bonchev–Trinajstić information content (AvgIpc) is 3.47. The SMILES string of the molecule is CO[C@H]1/C=C/O[C@@]2(C)Oc3c(C)c(O)c4c(=O)c(c5oc6c(C)c(C(C)C)cc(C)c6nc-5c4c3C2=O)NC(=O)/C(C)=C\C=C\[C@H](C)[C@H](O)[C@@H](C)[C@@H](O)[C@@H](C)[C@H](O)[C@@H]1C. The minimum atomic E-state index is -1.99. The zero-order valence-corrected chi connectivity index (χ0v) is 35.8. The van der Waals surface area contributed by atoms with Gasteiger partial charge in [0.1, 0.15) is 28.4 Å². The molecule has 0 aromatic heterocycles. The number of aryl methyl sites for hydroxylation is 2. The van der Waals surface area contributed by atoms with Crippen molar-refractivity contribution in [2.75, 3.05) is 12.4 Å². The molecule has 1 amide bonds. The van der Waals surface area contributed by atoms with Gasteiger partial charge in [-0.2, -0.15) is 0 Å². The lowest BCUT2D eigenvalue weighted by molar-refractivity contribution is -0.112. The number of carbonyl (C=O) groups is 2. The van der Waals surface area contributed by atoms with Crippen LogP contribution in [0.2, 0.25) is 0 Å². The Bertz CT molecular complexity index is 2460. The third kappa shape index (κ3) is 7.32. The summed E-state index contributed by atoms with van der Waals surface area (Å²) in [5, 5.41) is 48.2. The Kier molecular flexibility index (Phi) is 11.9. The number of ether oxygens (including phenoxy) is 3. The number of rotatable bonds is 2. The fourth-order valence-electron chi connectivity index (χ4n) is 8.47. The highest BCUT2D eigenvalue weighted by molar-refractivity contribution is 6.22. The van der Waals surface area contributed by atoms with Crippen molar-refractivity contribution in [1.29, 1.82) is 0 Å². The van der Waals surface area contributed by atoms with Crippen LogP contribution in [0.5, 0.6) is 11.5 Å². The molecule has 4 aliphatic rings. The number of amides is 1. The number of aromatic nitrogens is 1. The number of nitrogens with zero attached hydrogens (tertiary/aromatic N) is 1. The number of aromatic hydroxyl groups is 1. The van der Waals surface area contributed by atoms with Crippen molar-refractivity contribution in [1.82, 2.24) is 4.98 Å². The van der Waals surface area contributed by atoms with Crippen LogP contribution < -0.4 is 15.5 Å². The lowest BCUT2D eigenvalue weighted by Crippen LogP contribution is -2.44. The summed E-state index contributed by atoms with van der Waals surface area (Å²) in [5.41, 5.74) is 2.58. The van der Waals surface area contributed by atoms with Gasteiger partial charge >= 0.3 is 5.79 Å². The van der Waals surface area contributed by atoms with Crippen LogP contribution in [0.25, 0.3) is 33.3 Å². The number of aliphatic hydroxyl groups excluding tert-OH is 3. The van der Waals surface area contributed by atoms with Crippen molar-refractivity contribution in [3.05, 3.63) is 80.2 Å². The molecule has 5 N–H and O–H groups in total. The number of Topliss-reactive ketones (excluding diaryl/α,β-unsaturated/α-hetero) is 1. The molecule has 0 spiro atoms. The van der Waals surface area contributed by atoms with Crippen LogP contribution in [-0.4, -0.2) is 74.4 Å². The third-order valence-corrected chi connectivity index (χ3v) is 12.5. The number of ketones is 1. The summed E-state index contributed by atoms with van der Waals surface area (Å²) in [7, 11) is 1.45. The van der Waals surface area contributed by atoms with Gasteiger partial charge in [-0.25, -0.2) is 4.98 Å². The maximum atomic E-state index is 14.7. The number of benzene rings is 3. The van der Waals surface area contributed by atoms with E-state index in [1.54, 1.807) is 46.8 Å². The molecule has 4 bridgehead atoms. The Morgan fingerprint density at radius 2 is 1.54 bits per heavy atom. The number of fused-ring (bicyclic) bond motifs is 2. The van der Waals surface area contributed by atoms with E-state index < -0.39 is 76.7 Å². The van der Waals surface area contributed by atoms with E-state index in [0.717, 1.165) is 16.7 Å². The van der Waals surface area contributed by atoms with E-state index in [1.807, 2.05) is 19.9 Å². The summed E-state index contributed by atoms with van der Waals surface area (Å²) in [6.45, 7) is 19.3. The Balaban J connectivity index is 1.64. The lowest BCUT2D eigenvalue weighted by Gasteiger charge is -2.36. The summed E-state index contributed by atoms with van der Waals surface area (Å²) in [6, 6.07) is 2.02. The molecular formula is C46H56N2O11. The van der Waals surface area contributed by atoms with Gasteiger partial charge in [-0.05, 0) is 56.4 Å². The summed E-state index contributed by atoms with van der Waals surface area (Å²) in [5.74, 6) is -6.20. The number of phenolic OH excluding ortho intramolecular Hbond substituents is 1. The fraction of sp³-hybridized carbons (Fsp3) is 0.478. The van der Waals surface area contributed by atoms with E-state index in [4.69, 9.17) is 23.6 Å². The first kappa shape index (κ1) is 43.5. The Morgan fingerprint density at radius 1 is 0.898 bits per heavy atom. The largest absolute Gasteiger partial charge is 0.507 e. The van der Waals surface area contributed by atoms with Crippen molar-refractivity contribution >= 4 is 39.2 Å². The first-order chi connectivity index (χ1) is 27.7. The topological polar surface area (TPSA) is 198 Å². The Labute approximate surface area is 343 Å². The fourth-order valence-corrected chi connectivity index (χ4v) is 8.47. The van der Waals surface area contributed by atoms with Gasteiger partial charge in [0.15, 0.2) is 11.3 Å². The number of phenols is 1. The van der Waals surface area contributed by atoms with Crippen molar-refractivity contribution < 1.29 is 48.6 Å². The van der Waals surface area contributed by atoms with Crippen LogP contribution in [-0.2, 0) is 14.3 Å². The molecule has 3 heterocycles. The maximum Gasteiger partial charge on any atom is 0.312 e. The molecule has 3 aliphatic heterocycles. The molecule has 13 nitrogen and oxygen atoms in total. The predicted octanol–water partition coefficient (Wildman–Crippen LogP) is 7.12. The second kappa shape index (κ2) is 16.2. The zero-order chi connectivity index (χ0) is 43.6. The molecule has 59 heavy (non-hydrogen) atoms. The van der Waals surface area contributed by atoms with Crippen LogP contribution in [0, 0.1) is 44.4 Å². The van der Waals surface area contributed by atoms with Gasteiger partial charge in [-0.1, -0.05) is 65.8 Å². The smallest absolute Gasteiger partial charge is 0.312 e. The zero-order valence-electron chi connectivity index (χ0n) is 35.8.